The summed E-state index contributed by atoms with van der Waals surface area (Å²) in [7, 11) is 0. The van der Waals surface area contributed by atoms with Gasteiger partial charge < -0.3 is 19.5 Å². The molecule has 208 valence electrons. The zero-order valence-corrected chi connectivity index (χ0v) is 22.4. The minimum Gasteiger partial charge on any atom is -0.459 e. The molecule has 2 fully saturated rings. The van der Waals surface area contributed by atoms with Gasteiger partial charge in [0.1, 0.15) is 19.0 Å². The SMILES string of the molecule is CC(=O)OC1(C)[C@@H](COC(=O)c2ccccc2)OC(n2cnc3c(NC4CCCCCC4)ncnc32)[C@]1(C)F. The molecule has 1 N–H and O–H groups in total. The molecular formula is C28H34FN5O5. The second-order valence-corrected chi connectivity index (χ2v) is 10.6. The molecule has 1 aliphatic heterocycles. The number of nitrogens with one attached hydrogen (secondary N) is 1. The van der Waals surface area contributed by atoms with Gasteiger partial charge in [0.25, 0.3) is 0 Å². The first-order valence-electron chi connectivity index (χ1n) is 13.4. The standard InChI is InChI=1S/C28H34FN5O5/c1-18(35)39-28(3)21(15-37-25(36)19-11-7-6-8-12-19)38-26(27(28,2)29)34-17-32-22-23(30-16-31-24(22)34)33-20-13-9-4-5-10-14-20/h6-8,11-12,16-17,20-21,26H,4-5,9-10,13-15H2,1-3H3,(H,30,31,33)/t21-,26?,27+,28?/m1/s1. The van der Waals surface area contributed by atoms with Gasteiger partial charge in [0.05, 0.1) is 11.9 Å². The summed E-state index contributed by atoms with van der Waals surface area (Å²) in [5.41, 5.74) is -2.80. The number of ether oxygens (including phenoxy) is 3. The van der Waals surface area contributed by atoms with E-state index in [1.165, 1.54) is 50.8 Å². The van der Waals surface area contributed by atoms with Gasteiger partial charge in [0, 0.05) is 13.0 Å². The molecule has 2 unspecified atom stereocenters. The molecule has 0 amide bonds. The van der Waals surface area contributed by atoms with E-state index in [1.807, 2.05) is 0 Å². The Balaban J connectivity index is 1.43. The fourth-order valence-electron chi connectivity index (χ4n) is 5.52. The van der Waals surface area contributed by atoms with Gasteiger partial charge in [-0.1, -0.05) is 43.9 Å². The summed E-state index contributed by atoms with van der Waals surface area (Å²) in [5, 5.41) is 3.50. The van der Waals surface area contributed by atoms with Crippen molar-refractivity contribution in [1.82, 2.24) is 19.5 Å². The number of imidazole rings is 1. The smallest absolute Gasteiger partial charge is 0.338 e. The van der Waals surface area contributed by atoms with E-state index in [9.17, 15) is 9.59 Å². The Morgan fingerprint density at radius 2 is 1.82 bits per heavy atom. The molecule has 3 heterocycles. The Bertz CT molecular complexity index is 1320. The molecule has 0 bridgehead atoms. The lowest BCUT2D eigenvalue weighted by Gasteiger charge is -2.36. The number of benzene rings is 1. The van der Waals surface area contributed by atoms with Crippen molar-refractivity contribution in [3.8, 4) is 0 Å². The van der Waals surface area contributed by atoms with Gasteiger partial charge in [-0.15, -0.1) is 0 Å². The van der Waals surface area contributed by atoms with Crippen molar-refractivity contribution >= 4 is 28.9 Å². The zero-order valence-electron chi connectivity index (χ0n) is 22.4. The van der Waals surface area contributed by atoms with Gasteiger partial charge in [-0.25, -0.2) is 24.1 Å². The number of fused-ring (bicyclic) bond motifs is 1. The fourth-order valence-corrected chi connectivity index (χ4v) is 5.52. The van der Waals surface area contributed by atoms with E-state index in [0.717, 1.165) is 25.7 Å². The number of hydrogen-bond acceptors (Lipinski definition) is 9. The second-order valence-electron chi connectivity index (χ2n) is 10.6. The van der Waals surface area contributed by atoms with Gasteiger partial charge in [-0.2, -0.15) is 0 Å². The number of carbonyl (C=O) groups is 2. The van der Waals surface area contributed by atoms with Crippen LogP contribution in [0.25, 0.3) is 11.2 Å². The number of aromatic nitrogens is 4. The Labute approximate surface area is 226 Å². The maximum absolute atomic E-state index is 16.7. The summed E-state index contributed by atoms with van der Waals surface area (Å²) < 4.78 is 35.4. The van der Waals surface area contributed by atoms with Crippen LogP contribution in [0.1, 0.15) is 75.9 Å². The molecule has 0 spiro atoms. The molecule has 5 rings (SSSR count). The molecule has 1 saturated heterocycles. The molecule has 11 heteroatoms. The normalized spacial score (nSPS) is 27.7. The number of nitrogens with zero attached hydrogens (tertiary/aromatic N) is 4. The average molecular weight is 540 g/mol. The van der Waals surface area contributed by atoms with Crippen LogP contribution in [0.3, 0.4) is 0 Å². The lowest BCUT2D eigenvalue weighted by molar-refractivity contribution is -0.175. The van der Waals surface area contributed by atoms with Crippen molar-refractivity contribution in [1.29, 1.82) is 0 Å². The van der Waals surface area contributed by atoms with Crippen LogP contribution in [0.5, 0.6) is 0 Å². The highest BCUT2D eigenvalue weighted by Crippen LogP contribution is 2.51. The number of rotatable bonds is 7. The summed E-state index contributed by atoms with van der Waals surface area (Å²) in [6.07, 6.45) is 7.34. The van der Waals surface area contributed by atoms with Gasteiger partial charge in [-0.3, -0.25) is 9.36 Å². The number of alkyl halides is 1. The van der Waals surface area contributed by atoms with Crippen molar-refractivity contribution in [3.05, 3.63) is 48.5 Å². The molecule has 2 aromatic heterocycles. The Kier molecular flexibility index (Phi) is 7.53. The number of carbonyl (C=O) groups excluding carboxylic acids is 2. The summed E-state index contributed by atoms with van der Waals surface area (Å²) in [4.78, 5) is 37.9. The molecule has 0 radical (unpaired) electrons. The molecule has 1 saturated carbocycles. The Hall–Kier alpha value is -3.60. The van der Waals surface area contributed by atoms with Crippen molar-refractivity contribution in [2.24, 2.45) is 0 Å². The maximum atomic E-state index is 16.7. The van der Waals surface area contributed by atoms with E-state index < -0.39 is 35.5 Å². The monoisotopic (exact) mass is 539 g/mol. The molecule has 4 atom stereocenters. The summed E-state index contributed by atoms with van der Waals surface area (Å²) >= 11 is 0. The van der Waals surface area contributed by atoms with Crippen LogP contribution in [0.15, 0.2) is 43.0 Å². The van der Waals surface area contributed by atoms with E-state index in [1.54, 1.807) is 30.3 Å². The number of halogens is 1. The van der Waals surface area contributed by atoms with Crippen LogP contribution in [-0.2, 0) is 19.0 Å². The third kappa shape index (κ3) is 5.19. The van der Waals surface area contributed by atoms with Crippen molar-refractivity contribution in [2.45, 2.75) is 88.9 Å². The summed E-state index contributed by atoms with van der Waals surface area (Å²) in [6.45, 7) is 3.62. The molecule has 1 aliphatic carbocycles. The van der Waals surface area contributed by atoms with Crippen LogP contribution in [-0.4, -0.2) is 61.5 Å². The van der Waals surface area contributed by atoms with Gasteiger partial charge >= 0.3 is 11.9 Å². The van der Waals surface area contributed by atoms with Gasteiger partial charge in [-0.05, 0) is 38.8 Å². The first kappa shape index (κ1) is 27.0. The highest BCUT2D eigenvalue weighted by Gasteiger charge is 2.66. The predicted molar refractivity (Wildman–Crippen MR) is 141 cm³/mol. The topological polar surface area (TPSA) is 117 Å². The van der Waals surface area contributed by atoms with E-state index in [-0.39, 0.29) is 12.6 Å². The van der Waals surface area contributed by atoms with Crippen molar-refractivity contribution in [2.75, 3.05) is 11.9 Å². The molecule has 2 aliphatic rings. The maximum Gasteiger partial charge on any atom is 0.338 e. The minimum atomic E-state index is -2.24. The fraction of sp³-hybridized carbons (Fsp3) is 0.536. The molecule has 39 heavy (non-hydrogen) atoms. The van der Waals surface area contributed by atoms with Crippen LogP contribution < -0.4 is 5.32 Å². The summed E-state index contributed by atoms with van der Waals surface area (Å²) in [5.74, 6) is -0.693. The molecular weight excluding hydrogens is 505 g/mol. The van der Waals surface area contributed by atoms with Crippen LogP contribution in [0.4, 0.5) is 10.2 Å². The third-order valence-corrected chi connectivity index (χ3v) is 7.88. The van der Waals surface area contributed by atoms with Crippen molar-refractivity contribution < 1.29 is 28.2 Å². The highest BCUT2D eigenvalue weighted by molar-refractivity contribution is 5.89. The van der Waals surface area contributed by atoms with E-state index in [2.05, 4.69) is 20.3 Å². The highest BCUT2D eigenvalue weighted by atomic mass is 19.1. The Morgan fingerprint density at radius 1 is 1.10 bits per heavy atom. The first-order chi connectivity index (χ1) is 18.7. The zero-order chi connectivity index (χ0) is 27.6. The summed E-state index contributed by atoms with van der Waals surface area (Å²) in [6, 6.07) is 8.72. The lowest BCUT2D eigenvalue weighted by Crippen LogP contribution is -2.55. The molecule has 3 aromatic rings. The van der Waals surface area contributed by atoms with E-state index >= 15 is 4.39 Å². The van der Waals surface area contributed by atoms with Gasteiger partial charge in [0.2, 0.25) is 0 Å². The number of hydrogen-bond donors (Lipinski definition) is 1. The molecule has 1 aromatic carbocycles. The number of esters is 2. The second kappa shape index (κ2) is 10.9. The van der Waals surface area contributed by atoms with Crippen molar-refractivity contribution in [3.63, 3.8) is 0 Å². The van der Waals surface area contributed by atoms with E-state index in [4.69, 9.17) is 14.2 Å². The average Bonchev–Trinajstić information content (AvgIpc) is 3.27. The quantitative estimate of drug-likeness (QED) is 0.335. The first-order valence-corrected chi connectivity index (χ1v) is 13.4. The van der Waals surface area contributed by atoms with Crippen LogP contribution >= 0.6 is 0 Å². The molecule has 10 nitrogen and oxygen atoms in total. The van der Waals surface area contributed by atoms with Crippen LogP contribution in [0, 0.1) is 0 Å². The van der Waals surface area contributed by atoms with Crippen LogP contribution in [0.2, 0.25) is 0 Å². The third-order valence-electron chi connectivity index (χ3n) is 7.88. The van der Waals surface area contributed by atoms with Gasteiger partial charge in [0.15, 0.2) is 34.5 Å². The lowest BCUT2D eigenvalue weighted by atomic mass is 9.84. The Morgan fingerprint density at radius 3 is 2.51 bits per heavy atom. The largest absolute Gasteiger partial charge is 0.459 e. The predicted octanol–water partition coefficient (Wildman–Crippen LogP) is 4.77. The number of anilines is 1. The minimum absolute atomic E-state index is 0.279. The van der Waals surface area contributed by atoms with E-state index in [0.29, 0.717) is 22.5 Å².